The van der Waals surface area contributed by atoms with Crippen LogP contribution in [-0.4, -0.2) is 29.7 Å². The zero-order valence-corrected chi connectivity index (χ0v) is 26.2. The van der Waals surface area contributed by atoms with Gasteiger partial charge in [-0.2, -0.15) is 13.2 Å². The minimum absolute atomic E-state index is 0. The number of alkyl halides is 3. The summed E-state index contributed by atoms with van der Waals surface area (Å²) >= 11 is 0. The van der Waals surface area contributed by atoms with Crippen molar-refractivity contribution in [1.29, 1.82) is 0 Å². The molecule has 1 aliphatic heterocycles. The molecular formula is C27H43F3N3OU-. The number of aliphatic imine (C=N–C) groups is 2. The molecule has 1 aromatic carbocycles. The van der Waals surface area contributed by atoms with Crippen molar-refractivity contribution in [2.45, 2.75) is 92.2 Å². The summed E-state index contributed by atoms with van der Waals surface area (Å²) in [4.78, 5) is 8.32. The first-order valence-electron chi connectivity index (χ1n) is 12.4. The van der Waals surface area contributed by atoms with Gasteiger partial charge in [-0.3, -0.25) is 0 Å². The second kappa shape index (κ2) is 21.0. The van der Waals surface area contributed by atoms with Gasteiger partial charge in [-0.05, 0) is 30.9 Å². The Labute approximate surface area is 234 Å². The fourth-order valence-corrected chi connectivity index (χ4v) is 2.95. The van der Waals surface area contributed by atoms with Crippen molar-refractivity contribution in [3.8, 4) is 0 Å². The van der Waals surface area contributed by atoms with Gasteiger partial charge in [0.15, 0.2) is 0 Å². The Bertz CT molecular complexity index is 758. The van der Waals surface area contributed by atoms with Gasteiger partial charge in [-0.1, -0.05) is 72.6 Å². The normalized spacial score (nSPS) is 13.9. The van der Waals surface area contributed by atoms with Gasteiger partial charge in [0.05, 0.1) is 6.54 Å². The molecule has 0 amide bonds. The molecule has 3 N–H and O–H groups in total. The van der Waals surface area contributed by atoms with Crippen LogP contribution in [-0.2, 0) is 6.18 Å². The van der Waals surface area contributed by atoms with Gasteiger partial charge < -0.3 is 15.8 Å². The van der Waals surface area contributed by atoms with Crippen molar-refractivity contribution in [2.24, 2.45) is 21.6 Å². The Morgan fingerprint density at radius 3 is 2.20 bits per heavy atom. The summed E-state index contributed by atoms with van der Waals surface area (Å²) in [6.45, 7) is 11.3. The van der Waals surface area contributed by atoms with E-state index in [1.54, 1.807) is 13.0 Å². The predicted molar refractivity (Wildman–Crippen MR) is 137 cm³/mol. The largest absolute Gasteiger partial charge is 0.396 e. The van der Waals surface area contributed by atoms with Crippen LogP contribution in [0, 0.1) is 43.1 Å². The summed E-state index contributed by atoms with van der Waals surface area (Å²) in [5, 5.41) is 8.07. The Morgan fingerprint density at radius 2 is 1.74 bits per heavy atom. The first kappa shape index (κ1) is 36.1. The zero-order chi connectivity index (χ0) is 26.0. The molecule has 0 saturated carbocycles. The van der Waals surface area contributed by atoms with Crippen LogP contribution >= 0.6 is 0 Å². The Morgan fingerprint density at radius 1 is 1.09 bits per heavy atom. The molecule has 0 spiro atoms. The molecule has 1 unspecified atom stereocenters. The van der Waals surface area contributed by atoms with Crippen molar-refractivity contribution >= 4 is 11.4 Å². The Kier molecular flexibility index (Phi) is 21.7. The first-order valence-corrected chi connectivity index (χ1v) is 12.4. The van der Waals surface area contributed by atoms with Crippen molar-refractivity contribution < 1.29 is 49.4 Å². The number of benzene rings is 1. The predicted octanol–water partition coefficient (Wildman–Crippen LogP) is 7.35. The van der Waals surface area contributed by atoms with Crippen LogP contribution in [0.2, 0.25) is 0 Å². The smallest absolute Gasteiger partial charge is 0.381 e. The summed E-state index contributed by atoms with van der Waals surface area (Å²) in [6, 6.07) is 5.84. The fraction of sp³-hybridized carbons (Fsp3) is 0.630. The molecule has 35 heavy (non-hydrogen) atoms. The number of hydrogen-bond acceptors (Lipinski definition) is 4. The van der Waals surface area contributed by atoms with Crippen molar-refractivity contribution in [1.82, 2.24) is 0 Å². The number of halogens is 3. The molecule has 0 saturated heterocycles. The SMILES string of the molecule is CC1=NC(N)=CCN=C1c1[c-]cc(C(F)(F)F)cc1.CCCCCCC(C)CC.CCCCO.[U]. The summed E-state index contributed by atoms with van der Waals surface area (Å²) in [7, 11) is 0. The number of nitrogens with two attached hydrogens (primary N) is 1. The van der Waals surface area contributed by atoms with Crippen LogP contribution in [0.15, 0.2) is 40.1 Å². The van der Waals surface area contributed by atoms with Crippen molar-refractivity contribution in [3.05, 3.63) is 47.3 Å². The molecule has 1 heterocycles. The molecule has 0 radical (unpaired) electrons. The van der Waals surface area contributed by atoms with E-state index in [0.717, 1.165) is 30.9 Å². The number of nitrogens with zero attached hydrogens (tertiary/aromatic N) is 2. The van der Waals surface area contributed by atoms with E-state index in [-0.39, 0.29) is 31.1 Å². The van der Waals surface area contributed by atoms with Gasteiger partial charge in [-0.15, -0.1) is 29.8 Å². The van der Waals surface area contributed by atoms with E-state index in [4.69, 9.17) is 10.8 Å². The molecule has 8 heteroatoms. The maximum absolute atomic E-state index is 12.5. The van der Waals surface area contributed by atoms with Gasteiger partial charge in [0, 0.05) is 49.1 Å². The summed E-state index contributed by atoms with van der Waals surface area (Å²) < 4.78 is 37.4. The third-order valence-corrected chi connectivity index (χ3v) is 5.34. The number of hydrogen-bond donors (Lipinski definition) is 2. The molecule has 2 rings (SSSR count). The maximum Gasteiger partial charge on any atom is 0.381 e. The number of aliphatic hydroxyl groups excluding tert-OH is 1. The van der Waals surface area contributed by atoms with E-state index >= 15 is 0 Å². The molecule has 0 fully saturated rings. The summed E-state index contributed by atoms with van der Waals surface area (Å²) in [5.41, 5.74) is 6.38. The van der Waals surface area contributed by atoms with Crippen LogP contribution in [0.4, 0.5) is 13.2 Å². The van der Waals surface area contributed by atoms with Gasteiger partial charge in [0.2, 0.25) is 0 Å². The van der Waals surface area contributed by atoms with Crippen LogP contribution in [0.3, 0.4) is 0 Å². The van der Waals surface area contributed by atoms with Crippen LogP contribution in [0.1, 0.15) is 97.1 Å². The summed E-state index contributed by atoms with van der Waals surface area (Å²) in [5.74, 6) is 1.31. The van der Waals surface area contributed by atoms with E-state index < -0.39 is 11.7 Å². The van der Waals surface area contributed by atoms with Gasteiger partial charge >= 0.3 is 6.18 Å². The van der Waals surface area contributed by atoms with Gasteiger partial charge in [0.25, 0.3) is 0 Å². The molecule has 4 nitrogen and oxygen atoms in total. The van der Waals surface area contributed by atoms with Crippen molar-refractivity contribution in [3.63, 3.8) is 0 Å². The molecule has 1 aliphatic rings. The van der Waals surface area contributed by atoms with E-state index in [1.807, 2.05) is 0 Å². The first-order chi connectivity index (χ1) is 16.1. The van der Waals surface area contributed by atoms with Crippen LogP contribution in [0.5, 0.6) is 0 Å². The minimum Gasteiger partial charge on any atom is -0.396 e. The second-order valence-corrected chi connectivity index (χ2v) is 8.44. The second-order valence-electron chi connectivity index (χ2n) is 8.44. The molecule has 0 aliphatic carbocycles. The van der Waals surface area contributed by atoms with E-state index in [2.05, 4.69) is 43.7 Å². The average Bonchev–Trinajstić information content (AvgIpc) is 2.97. The number of aliphatic hydroxyl groups is 1. The third kappa shape index (κ3) is 17.1. The van der Waals surface area contributed by atoms with E-state index in [1.165, 1.54) is 44.6 Å². The standard InChI is InChI=1S/C13H11F3N3.C10H22.C4H10O.U/c1-8-12(18-7-6-11(17)19-8)9-2-4-10(5-3-9)13(14,15)16;1-4-6-7-8-9-10(3)5-2;1-2-3-4-5;/h2,4-6H,7,17H2,1H3;10H,4-9H2,1-3H3;5H,2-4H2,1H3;/q-1;;;. The molecule has 1 aromatic rings. The van der Waals surface area contributed by atoms with Crippen LogP contribution < -0.4 is 5.73 Å². The molecule has 198 valence electrons. The molecule has 0 bridgehead atoms. The molecular weight excluding hydrogens is 677 g/mol. The number of rotatable bonds is 9. The molecule has 0 aromatic heterocycles. The third-order valence-electron chi connectivity index (χ3n) is 5.34. The molecule has 1 atom stereocenters. The monoisotopic (exact) mass is 720 g/mol. The van der Waals surface area contributed by atoms with E-state index in [9.17, 15) is 13.2 Å². The van der Waals surface area contributed by atoms with Crippen LogP contribution in [0.25, 0.3) is 0 Å². The Balaban J connectivity index is 0. The topological polar surface area (TPSA) is 71.0 Å². The Hall–Kier alpha value is -1.10. The van der Waals surface area contributed by atoms with Gasteiger partial charge in [-0.25, -0.2) is 4.99 Å². The maximum atomic E-state index is 12.5. The zero-order valence-electron chi connectivity index (χ0n) is 22.0. The minimum atomic E-state index is -4.37. The van der Waals surface area contributed by atoms with E-state index in [0.29, 0.717) is 36.0 Å². The number of unbranched alkanes of at least 4 members (excludes halogenated alkanes) is 4. The fourth-order valence-electron chi connectivity index (χ4n) is 2.95. The summed E-state index contributed by atoms with van der Waals surface area (Å²) in [6.07, 6.45) is 7.79. The quantitative estimate of drug-likeness (QED) is 0.207. The average molecular weight is 721 g/mol. The van der Waals surface area contributed by atoms with Crippen molar-refractivity contribution in [2.75, 3.05) is 13.2 Å². The van der Waals surface area contributed by atoms with Gasteiger partial charge in [0.1, 0.15) is 5.82 Å².